The van der Waals surface area contributed by atoms with Crippen molar-refractivity contribution in [1.29, 1.82) is 0 Å². The van der Waals surface area contributed by atoms with Crippen LogP contribution in [0.2, 0.25) is 5.02 Å². The van der Waals surface area contributed by atoms with Crippen LogP contribution in [0.3, 0.4) is 0 Å². The predicted molar refractivity (Wildman–Crippen MR) is 67.4 cm³/mol. The second-order valence-electron chi connectivity index (χ2n) is 3.60. The molecule has 0 aliphatic rings. The number of thiophene rings is 1. The smallest absolute Gasteiger partial charge is 0.160 e. The summed E-state index contributed by atoms with van der Waals surface area (Å²) in [7, 11) is 1.85. The van der Waals surface area contributed by atoms with E-state index < -0.39 is 11.6 Å². The minimum atomic E-state index is -0.925. The van der Waals surface area contributed by atoms with E-state index in [1.807, 2.05) is 18.5 Å². The van der Waals surface area contributed by atoms with Crippen molar-refractivity contribution < 1.29 is 8.78 Å². The van der Waals surface area contributed by atoms with Gasteiger partial charge in [0, 0.05) is 17.0 Å². The Morgan fingerprint density at radius 1 is 1.24 bits per heavy atom. The minimum Gasteiger partial charge on any atom is -0.316 e. The van der Waals surface area contributed by atoms with E-state index >= 15 is 0 Å². The Hall–Kier alpha value is -0.970. The molecule has 0 amide bonds. The standard InChI is InChI=1S/C12H10ClF2NS/c1-16-5-7-2-12(17-6-7)8-3-10(14)11(15)4-9(8)13/h2-4,6,16H,5H2,1H3. The van der Waals surface area contributed by atoms with Crippen LogP contribution >= 0.6 is 22.9 Å². The summed E-state index contributed by atoms with van der Waals surface area (Å²) >= 11 is 7.36. The van der Waals surface area contributed by atoms with Crippen molar-refractivity contribution in [3.8, 4) is 10.4 Å². The first-order valence-electron chi connectivity index (χ1n) is 4.98. The van der Waals surface area contributed by atoms with Crippen LogP contribution in [0, 0.1) is 11.6 Å². The fraction of sp³-hybridized carbons (Fsp3) is 0.167. The van der Waals surface area contributed by atoms with Gasteiger partial charge in [0.1, 0.15) is 0 Å². The minimum absolute atomic E-state index is 0.224. The molecule has 0 aliphatic carbocycles. The van der Waals surface area contributed by atoms with Gasteiger partial charge in [0.25, 0.3) is 0 Å². The molecule has 0 aliphatic heterocycles. The molecule has 2 aromatic rings. The molecule has 1 aromatic heterocycles. The van der Waals surface area contributed by atoms with Crippen LogP contribution < -0.4 is 5.32 Å². The molecule has 1 nitrogen and oxygen atoms in total. The molecule has 1 N–H and O–H groups in total. The molecule has 1 heterocycles. The molecule has 5 heteroatoms. The third-order valence-electron chi connectivity index (χ3n) is 2.31. The second kappa shape index (κ2) is 5.12. The molecule has 0 bridgehead atoms. The van der Waals surface area contributed by atoms with Gasteiger partial charge in [-0.25, -0.2) is 8.78 Å². The van der Waals surface area contributed by atoms with E-state index in [2.05, 4.69) is 5.32 Å². The summed E-state index contributed by atoms with van der Waals surface area (Å²) in [5.74, 6) is -1.81. The summed E-state index contributed by atoms with van der Waals surface area (Å²) in [5, 5.41) is 5.21. The fourth-order valence-electron chi connectivity index (χ4n) is 1.53. The summed E-state index contributed by atoms with van der Waals surface area (Å²) in [4.78, 5) is 0.833. The molecular weight excluding hydrogens is 264 g/mol. The second-order valence-corrected chi connectivity index (χ2v) is 4.91. The summed E-state index contributed by atoms with van der Waals surface area (Å²) in [6.07, 6.45) is 0. The van der Waals surface area contributed by atoms with E-state index in [0.29, 0.717) is 5.56 Å². The van der Waals surface area contributed by atoms with Gasteiger partial charge >= 0.3 is 0 Å². The Kier molecular flexibility index (Phi) is 3.76. The molecule has 0 fully saturated rings. The molecular formula is C12H10ClF2NS. The van der Waals surface area contributed by atoms with E-state index in [1.54, 1.807) is 0 Å². The molecule has 2 rings (SSSR count). The summed E-state index contributed by atoms with van der Waals surface area (Å²) in [5.41, 5.74) is 1.62. The van der Waals surface area contributed by atoms with Gasteiger partial charge in [0.2, 0.25) is 0 Å². The number of hydrogen-bond donors (Lipinski definition) is 1. The van der Waals surface area contributed by atoms with Crippen molar-refractivity contribution in [2.24, 2.45) is 0 Å². The number of benzene rings is 1. The molecule has 0 saturated carbocycles. The number of hydrogen-bond acceptors (Lipinski definition) is 2. The highest BCUT2D eigenvalue weighted by atomic mass is 35.5. The van der Waals surface area contributed by atoms with Crippen LogP contribution in [0.4, 0.5) is 8.78 Å². The Bertz CT molecular complexity index is 539. The molecule has 0 saturated heterocycles. The normalized spacial score (nSPS) is 10.8. The van der Waals surface area contributed by atoms with Crippen LogP contribution in [-0.2, 0) is 6.54 Å². The first-order valence-corrected chi connectivity index (χ1v) is 6.24. The Morgan fingerprint density at radius 3 is 2.65 bits per heavy atom. The molecule has 0 unspecified atom stereocenters. The van der Waals surface area contributed by atoms with Crippen LogP contribution in [0.5, 0.6) is 0 Å². The lowest BCUT2D eigenvalue weighted by Crippen LogP contribution is -2.03. The lowest BCUT2D eigenvalue weighted by molar-refractivity contribution is 0.509. The Balaban J connectivity index is 2.41. The third kappa shape index (κ3) is 2.65. The molecule has 17 heavy (non-hydrogen) atoms. The number of halogens is 3. The summed E-state index contributed by atoms with van der Waals surface area (Å²) in [6.45, 7) is 0.734. The van der Waals surface area contributed by atoms with Crippen molar-refractivity contribution in [1.82, 2.24) is 5.32 Å². The first-order chi connectivity index (χ1) is 8.11. The predicted octanol–water partition coefficient (Wildman–Crippen LogP) is 4.07. The van der Waals surface area contributed by atoms with Crippen molar-refractivity contribution in [3.05, 3.63) is 45.8 Å². The van der Waals surface area contributed by atoms with Crippen molar-refractivity contribution in [2.75, 3.05) is 7.05 Å². The molecule has 90 valence electrons. The van der Waals surface area contributed by atoms with Crippen LogP contribution in [-0.4, -0.2) is 7.05 Å². The van der Waals surface area contributed by atoms with Crippen LogP contribution in [0.25, 0.3) is 10.4 Å². The highest BCUT2D eigenvalue weighted by molar-refractivity contribution is 7.13. The quantitative estimate of drug-likeness (QED) is 0.832. The molecule has 0 radical (unpaired) electrons. The van der Waals surface area contributed by atoms with E-state index in [1.165, 1.54) is 11.3 Å². The van der Waals surface area contributed by atoms with E-state index in [9.17, 15) is 8.78 Å². The van der Waals surface area contributed by atoms with Crippen LogP contribution in [0.15, 0.2) is 23.6 Å². The van der Waals surface area contributed by atoms with Gasteiger partial charge in [0.15, 0.2) is 11.6 Å². The lowest BCUT2D eigenvalue weighted by atomic mass is 10.1. The molecule has 0 spiro atoms. The molecule has 1 aromatic carbocycles. The first kappa shape index (κ1) is 12.5. The van der Waals surface area contributed by atoms with Gasteiger partial charge in [-0.05, 0) is 36.2 Å². The highest BCUT2D eigenvalue weighted by Gasteiger charge is 2.11. The average Bonchev–Trinajstić information content (AvgIpc) is 2.72. The largest absolute Gasteiger partial charge is 0.316 e. The van der Waals surface area contributed by atoms with E-state index in [-0.39, 0.29) is 5.02 Å². The maximum absolute atomic E-state index is 13.2. The van der Waals surface area contributed by atoms with Crippen molar-refractivity contribution in [3.63, 3.8) is 0 Å². The topological polar surface area (TPSA) is 12.0 Å². The zero-order valence-corrected chi connectivity index (χ0v) is 10.6. The van der Waals surface area contributed by atoms with Crippen molar-refractivity contribution in [2.45, 2.75) is 6.54 Å². The van der Waals surface area contributed by atoms with Gasteiger partial charge in [0.05, 0.1) is 5.02 Å². The third-order valence-corrected chi connectivity index (χ3v) is 3.64. The maximum Gasteiger partial charge on any atom is 0.160 e. The lowest BCUT2D eigenvalue weighted by Gasteiger charge is -2.02. The van der Waals surface area contributed by atoms with Gasteiger partial charge in [-0.1, -0.05) is 11.6 Å². The maximum atomic E-state index is 13.2. The Labute approximate surface area is 107 Å². The van der Waals surface area contributed by atoms with Gasteiger partial charge in [-0.3, -0.25) is 0 Å². The fourth-order valence-corrected chi connectivity index (χ4v) is 2.78. The zero-order chi connectivity index (χ0) is 12.4. The monoisotopic (exact) mass is 273 g/mol. The van der Waals surface area contributed by atoms with Crippen LogP contribution in [0.1, 0.15) is 5.56 Å². The van der Waals surface area contributed by atoms with Gasteiger partial charge < -0.3 is 5.32 Å². The Morgan fingerprint density at radius 2 is 1.94 bits per heavy atom. The number of rotatable bonds is 3. The van der Waals surface area contributed by atoms with Gasteiger partial charge in [-0.15, -0.1) is 11.3 Å². The summed E-state index contributed by atoms with van der Waals surface area (Å²) in [6, 6.07) is 4.05. The summed E-state index contributed by atoms with van der Waals surface area (Å²) < 4.78 is 26.1. The SMILES string of the molecule is CNCc1csc(-c2cc(F)c(F)cc2Cl)c1. The zero-order valence-electron chi connectivity index (χ0n) is 9.06. The van der Waals surface area contributed by atoms with E-state index in [4.69, 9.17) is 11.6 Å². The molecule has 0 atom stereocenters. The van der Waals surface area contributed by atoms with E-state index in [0.717, 1.165) is 29.1 Å². The highest BCUT2D eigenvalue weighted by Crippen LogP contribution is 2.34. The van der Waals surface area contributed by atoms with Crippen molar-refractivity contribution >= 4 is 22.9 Å². The average molecular weight is 274 g/mol. The van der Waals surface area contributed by atoms with Gasteiger partial charge in [-0.2, -0.15) is 0 Å². The number of nitrogens with one attached hydrogen (secondary N) is 1.